The average Bonchev–Trinajstić information content (AvgIpc) is 2.67. The van der Waals surface area contributed by atoms with Crippen molar-refractivity contribution in [2.24, 2.45) is 0 Å². The molecule has 2 heterocycles. The van der Waals surface area contributed by atoms with Crippen LogP contribution < -0.4 is 0 Å². The van der Waals surface area contributed by atoms with Gasteiger partial charge in [0.1, 0.15) is 5.67 Å². The zero-order chi connectivity index (χ0) is 12.8. The molecular weight excluding hydrogens is 215 g/mol. The molecule has 2 rings (SSSR count). The monoisotopic (exact) mass is 242 g/mol. The molecule has 0 saturated carbocycles. The molecule has 0 aromatic heterocycles. The molecule has 17 heavy (non-hydrogen) atoms. The van der Waals surface area contributed by atoms with Crippen LogP contribution in [0.15, 0.2) is 0 Å². The van der Waals surface area contributed by atoms with E-state index in [0.29, 0.717) is 25.0 Å². The topological polar surface area (TPSA) is 6.48 Å². The highest BCUT2D eigenvalue weighted by Gasteiger charge is 2.42. The van der Waals surface area contributed by atoms with Crippen LogP contribution in [0.2, 0.25) is 0 Å². The number of likely N-dealkylation sites (tertiary alicyclic amines) is 2. The summed E-state index contributed by atoms with van der Waals surface area (Å²) in [5.41, 5.74) is -0.731. The van der Waals surface area contributed by atoms with Crippen molar-refractivity contribution >= 4 is 0 Å². The van der Waals surface area contributed by atoms with E-state index in [1.807, 2.05) is 0 Å². The lowest BCUT2D eigenvalue weighted by molar-refractivity contribution is 0.116. The summed E-state index contributed by atoms with van der Waals surface area (Å²) in [6.45, 7) is 13.5. The zero-order valence-corrected chi connectivity index (χ0v) is 12.0. The second kappa shape index (κ2) is 4.20. The van der Waals surface area contributed by atoms with Crippen molar-refractivity contribution in [2.45, 2.75) is 70.8 Å². The number of hydrogen-bond acceptors (Lipinski definition) is 2. The molecule has 2 unspecified atom stereocenters. The SMILES string of the molecule is C[C@H]1CC(N2CCC(C)(F)C2)CN1C(C)(C)C. The smallest absolute Gasteiger partial charge is 0.122 e. The molecule has 2 aliphatic heterocycles. The molecule has 100 valence electrons. The molecule has 3 heteroatoms. The van der Waals surface area contributed by atoms with Gasteiger partial charge in [0.15, 0.2) is 0 Å². The van der Waals surface area contributed by atoms with E-state index in [9.17, 15) is 4.39 Å². The number of rotatable bonds is 1. The molecule has 2 saturated heterocycles. The summed E-state index contributed by atoms with van der Waals surface area (Å²) in [4.78, 5) is 4.92. The molecule has 0 aromatic carbocycles. The lowest BCUT2D eigenvalue weighted by Gasteiger charge is -2.35. The number of halogens is 1. The second-order valence-corrected chi connectivity index (χ2v) is 7.20. The van der Waals surface area contributed by atoms with E-state index in [-0.39, 0.29) is 5.54 Å². The van der Waals surface area contributed by atoms with Crippen molar-refractivity contribution in [3.63, 3.8) is 0 Å². The van der Waals surface area contributed by atoms with E-state index in [4.69, 9.17) is 0 Å². The molecule has 0 N–H and O–H groups in total. The highest BCUT2D eigenvalue weighted by molar-refractivity contribution is 4.98. The van der Waals surface area contributed by atoms with Crippen LogP contribution in [0, 0.1) is 0 Å². The van der Waals surface area contributed by atoms with Gasteiger partial charge < -0.3 is 0 Å². The predicted octanol–water partition coefficient (Wildman–Crippen LogP) is 2.68. The van der Waals surface area contributed by atoms with Crippen molar-refractivity contribution in [1.82, 2.24) is 9.80 Å². The maximum absolute atomic E-state index is 13.9. The van der Waals surface area contributed by atoms with Crippen molar-refractivity contribution < 1.29 is 4.39 Å². The minimum Gasteiger partial charge on any atom is -0.296 e. The van der Waals surface area contributed by atoms with Crippen LogP contribution in [0.3, 0.4) is 0 Å². The van der Waals surface area contributed by atoms with Crippen LogP contribution in [0.4, 0.5) is 4.39 Å². The second-order valence-electron chi connectivity index (χ2n) is 7.20. The summed E-state index contributed by atoms with van der Waals surface area (Å²) in [6.07, 6.45) is 1.89. The summed E-state index contributed by atoms with van der Waals surface area (Å²) in [5.74, 6) is 0. The summed E-state index contributed by atoms with van der Waals surface area (Å²) < 4.78 is 13.9. The zero-order valence-electron chi connectivity index (χ0n) is 12.0. The predicted molar refractivity (Wildman–Crippen MR) is 70.0 cm³/mol. The molecule has 0 amide bonds. The Morgan fingerprint density at radius 2 is 1.94 bits per heavy atom. The van der Waals surface area contributed by atoms with Gasteiger partial charge in [0.05, 0.1) is 0 Å². The summed E-state index contributed by atoms with van der Waals surface area (Å²) in [7, 11) is 0. The third-order valence-electron chi connectivity index (χ3n) is 4.38. The molecule has 0 aliphatic carbocycles. The maximum Gasteiger partial charge on any atom is 0.122 e. The first-order valence-corrected chi connectivity index (χ1v) is 6.89. The van der Waals surface area contributed by atoms with Gasteiger partial charge in [0, 0.05) is 37.3 Å². The maximum atomic E-state index is 13.9. The number of alkyl halides is 1. The number of hydrogen-bond donors (Lipinski definition) is 0. The summed E-state index contributed by atoms with van der Waals surface area (Å²) in [5, 5.41) is 0. The van der Waals surface area contributed by atoms with Gasteiger partial charge in [0.25, 0.3) is 0 Å². The average molecular weight is 242 g/mol. The molecule has 2 aliphatic rings. The highest BCUT2D eigenvalue weighted by Crippen LogP contribution is 2.33. The van der Waals surface area contributed by atoms with Crippen LogP contribution in [-0.4, -0.2) is 52.7 Å². The summed E-state index contributed by atoms with van der Waals surface area (Å²) in [6, 6.07) is 1.17. The van der Waals surface area contributed by atoms with E-state index in [2.05, 4.69) is 37.5 Å². The van der Waals surface area contributed by atoms with Gasteiger partial charge in [-0.05, 0) is 47.5 Å². The third-order valence-corrected chi connectivity index (χ3v) is 4.38. The first-order valence-electron chi connectivity index (χ1n) is 6.89. The molecule has 0 aromatic rings. The van der Waals surface area contributed by atoms with Crippen LogP contribution in [-0.2, 0) is 0 Å². The van der Waals surface area contributed by atoms with E-state index in [1.54, 1.807) is 6.92 Å². The fraction of sp³-hybridized carbons (Fsp3) is 1.00. The van der Waals surface area contributed by atoms with Gasteiger partial charge in [-0.2, -0.15) is 0 Å². The molecule has 2 nitrogen and oxygen atoms in total. The van der Waals surface area contributed by atoms with Crippen molar-refractivity contribution in [2.75, 3.05) is 19.6 Å². The summed E-state index contributed by atoms with van der Waals surface area (Å²) >= 11 is 0. The normalized spacial score (nSPS) is 41.3. The first kappa shape index (κ1) is 13.3. The standard InChI is InChI=1S/C14H27FN2/c1-11-8-12(9-17(11)13(2,3)4)16-7-6-14(5,15)10-16/h11-12H,6-10H2,1-5H3/t11-,12?,14?/m0/s1. The highest BCUT2D eigenvalue weighted by atomic mass is 19.1. The van der Waals surface area contributed by atoms with Crippen LogP contribution in [0.25, 0.3) is 0 Å². The van der Waals surface area contributed by atoms with Crippen molar-refractivity contribution in [3.8, 4) is 0 Å². The Balaban J connectivity index is 1.98. The molecule has 2 fully saturated rings. The minimum absolute atomic E-state index is 0.229. The van der Waals surface area contributed by atoms with Crippen molar-refractivity contribution in [3.05, 3.63) is 0 Å². The molecule has 0 radical (unpaired) electrons. The molecule has 0 spiro atoms. The molecule has 3 atom stereocenters. The van der Waals surface area contributed by atoms with Gasteiger partial charge >= 0.3 is 0 Å². The van der Waals surface area contributed by atoms with E-state index in [0.717, 1.165) is 13.1 Å². The van der Waals surface area contributed by atoms with E-state index in [1.165, 1.54) is 6.42 Å². The Kier molecular flexibility index (Phi) is 3.28. The largest absolute Gasteiger partial charge is 0.296 e. The van der Waals surface area contributed by atoms with Gasteiger partial charge in [0.2, 0.25) is 0 Å². The Hall–Kier alpha value is -0.150. The quantitative estimate of drug-likeness (QED) is 0.697. The molecular formula is C14H27FN2. The lowest BCUT2D eigenvalue weighted by atomic mass is 10.1. The molecule has 0 bridgehead atoms. The third kappa shape index (κ3) is 2.82. The van der Waals surface area contributed by atoms with Gasteiger partial charge in [-0.15, -0.1) is 0 Å². The first-order chi connectivity index (χ1) is 7.69. The Morgan fingerprint density at radius 3 is 2.35 bits per heavy atom. The van der Waals surface area contributed by atoms with Crippen molar-refractivity contribution in [1.29, 1.82) is 0 Å². The Morgan fingerprint density at radius 1 is 1.29 bits per heavy atom. The fourth-order valence-corrected chi connectivity index (χ4v) is 3.47. The van der Waals surface area contributed by atoms with Crippen LogP contribution in [0.5, 0.6) is 0 Å². The van der Waals surface area contributed by atoms with Gasteiger partial charge in [-0.3, -0.25) is 9.80 Å². The van der Waals surface area contributed by atoms with Crippen LogP contribution >= 0.6 is 0 Å². The Bertz CT molecular complexity index is 282. The van der Waals surface area contributed by atoms with E-state index >= 15 is 0 Å². The Labute approximate surface area is 105 Å². The van der Waals surface area contributed by atoms with Crippen LogP contribution in [0.1, 0.15) is 47.5 Å². The van der Waals surface area contributed by atoms with E-state index < -0.39 is 5.67 Å². The minimum atomic E-state index is -0.960. The van der Waals surface area contributed by atoms with Gasteiger partial charge in [-0.25, -0.2) is 4.39 Å². The van der Waals surface area contributed by atoms with Gasteiger partial charge in [-0.1, -0.05) is 0 Å². The fourth-order valence-electron chi connectivity index (χ4n) is 3.47. The lowest BCUT2D eigenvalue weighted by Crippen LogP contribution is -2.45. The number of nitrogens with zero attached hydrogens (tertiary/aromatic N) is 2.